The lowest BCUT2D eigenvalue weighted by Gasteiger charge is -2.21. The molecule has 1 N–H and O–H groups in total. The van der Waals surface area contributed by atoms with Gasteiger partial charge < -0.3 is 10.1 Å². The lowest BCUT2D eigenvalue weighted by Crippen LogP contribution is -2.43. The Kier molecular flexibility index (Phi) is 4.94. The minimum absolute atomic E-state index is 0.0708. The molecule has 0 aromatic heterocycles. The van der Waals surface area contributed by atoms with E-state index >= 15 is 0 Å². The molecule has 1 saturated heterocycles. The Morgan fingerprint density at radius 2 is 2.09 bits per heavy atom. The molecule has 1 atom stereocenters. The van der Waals surface area contributed by atoms with Crippen LogP contribution in [-0.2, 0) is 20.9 Å². The topological polar surface area (TPSA) is 75.7 Å². The zero-order valence-electron chi connectivity index (χ0n) is 13.3. The standard InChI is InChI=1S/C16H19ClN2O4/c1-16(2,3)23-15(22)18-12-8-13(20)19(14(12)21)9-10-5-4-6-11(17)7-10/h4-7,12H,8-9H2,1-3H3,(H,18,22)/t12-/m0/s1. The summed E-state index contributed by atoms with van der Waals surface area (Å²) in [5.41, 5.74) is 0.0769. The summed E-state index contributed by atoms with van der Waals surface area (Å²) in [6.07, 6.45) is -0.785. The monoisotopic (exact) mass is 338 g/mol. The number of nitrogens with zero attached hydrogens (tertiary/aromatic N) is 1. The fraction of sp³-hybridized carbons (Fsp3) is 0.438. The molecule has 1 aliphatic heterocycles. The number of likely N-dealkylation sites (tertiary alicyclic amines) is 1. The summed E-state index contributed by atoms with van der Waals surface area (Å²) in [5, 5.41) is 2.98. The van der Waals surface area contributed by atoms with E-state index < -0.39 is 23.6 Å². The van der Waals surface area contributed by atoms with Crippen LogP contribution < -0.4 is 5.32 Å². The van der Waals surface area contributed by atoms with Gasteiger partial charge in [0.25, 0.3) is 5.91 Å². The second-order valence-electron chi connectivity index (χ2n) is 6.35. The van der Waals surface area contributed by atoms with E-state index in [1.165, 1.54) is 0 Å². The molecule has 0 unspecified atom stereocenters. The summed E-state index contributed by atoms with van der Waals surface area (Å²) in [6.45, 7) is 5.30. The lowest BCUT2D eigenvalue weighted by molar-refractivity contribution is -0.139. The first-order chi connectivity index (χ1) is 10.7. The van der Waals surface area contributed by atoms with Crippen LogP contribution in [-0.4, -0.2) is 34.5 Å². The molecular weight excluding hydrogens is 320 g/mol. The molecule has 6 nitrogen and oxygen atoms in total. The van der Waals surface area contributed by atoms with Gasteiger partial charge in [0.15, 0.2) is 0 Å². The number of rotatable bonds is 3. The summed E-state index contributed by atoms with van der Waals surface area (Å²) in [6, 6.07) is 6.04. The van der Waals surface area contributed by atoms with Crippen LogP contribution in [0, 0.1) is 0 Å². The predicted molar refractivity (Wildman–Crippen MR) is 84.8 cm³/mol. The van der Waals surface area contributed by atoms with Gasteiger partial charge in [0.1, 0.15) is 11.6 Å². The Bertz CT molecular complexity index is 639. The number of benzene rings is 1. The van der Waals surface area contributed by atoms with Crippen LogP contribution in [0.15, 0.2) is 24.3 Å². The molecule has 124 valence electrons. The first-order valence-corrected chi connectivity index (χ1v) is 7.62. The molecule has 1 aromatic carbocycles. The van der Waals surface area contributed by atoms with Gasteiger partial charge in [0.2, 0.25) is 5.91 Å². The van der Waals surface area contributed by atoms with Crippen molar-refractivity contribution in [2.24, 2.45) is 0 Å². The Balaban J connectivity index is 2.01. The van der Waals surface area contributed by atoms with E-state index in [0.29, 0.717) is 5.02 Å². The van der Waals surface area contributed by atoms with Crippen molar-refractivity contribution in [1.82, 2.24) is 10.2 Å². The van der Waals surface area contributed by atoms with Crippen LogP contribution >= 0.6 is 11.6 Å². The normalized spacial score (nSPS) is 18.3. The third kappa shape index (κ3) is 4.69. The molecule has 7 heteroatoms. The first-order valence-electron chi connectivity index (χ1n) is 7.24. The quantitative estimate of drug-likeness (QED) is 0.859. The zero-order valence-corrected chi connectivity index (χ0v) is 14.0. The fourth-order valence-electron chi connectivity index (χ4n) is 2.23. The number of imide groups is 1. The van der Waals surface area contributed by atoms with E-state index in [4.69, 9.17) is 16.3 Å². The number of amides is 3. The largest absolute Gasteiger partial charge is 0.444 e. The zero-order chi connectivity index (χ0) is 17.2. The highest BCUT2D eigenvalue weighted by atomic mass is 35.5. The Hall–Kier alpha value is -2.08. The van der Waals surface area contributed by atoms with E-state index in [2.05, 4.69) is 5.32 Å². The molecule has 23 heavy (non-hydrogen) atoms. The van der Waals surface area contributed by atoms with Gasteiger partial charge in [0.05, 0.1) is 13.0 Å². The lowest BCUT2D eigenvalue weighted by atomic mass is 10.2. The van der Waals surface area contributed by atoms with Gasteiger partial charge in [0, 0.05) is 5.02 Å². The van der Waals surface area contributed by atoms with Crippen LogP contribution in [0.1, 0.15) is 32.8 Å². The molecular formula is C16H19ClN2O4. The van der Waals surface area contributed by atoms with Crippen LogP contribution in [0.5, 0.6) is 0 Å². The number of halogens is 1. The Morgan fingerprint density at radius 1 is 1.39 bits per heavy atom. The SMILES string of the molecule is CC(C)(C)OC(=O)N[C@H]1CC(=O)N(Cc2cccc(Cl)c2)C1=O. The van der Waals surface area contributed by atoms with Crippen LogP contribution in [0.2, 0.25) is 5.02 Å². The molecule has 2 rings (SSSR count). The summed E-state index contributed by atoms with van der Waals surface area (Å²) in [4.78, 5) is 37.2. The average molecular weight is 339 g/mol. The third-order valence-electron chi connectivity index (χ3n) is 3.16. The molecule has 1 aliphatic rings. The summed E-state index contributed by atoms with van der Waals surface area (Å²) in [7, 11) is 0. The van der Waals surface area contributed by atoms with Crippen molar-refractivity contribution in [2.45, 2.75) is 45.4 Å². The van der Waals surface area contributed by atoms with E-state index in [9.17, 15) is 14.4 Å². The number of nitrogens with one attached hydrogen (secondary N) is 1. The van der Waals surface area contributed by atoms with E-state index in [0.717, 1.165) is 10.5 Å². The molecule has 0 spiro atoms. The van der Waals surface area contributed by atoms with Crippen molar-refractivity contribution in [2.75, 3.05) is 0 Å². The van der Waals surface area contributed by atoms with Gasteiger partial charge in [-0.15, -0.1) is 0 Å². The number of ether oxygens (including phenoxy) is 1. The number of carbonyl (C=O) groups excluding carboxylic acids is 3. The summed E-state index contributed by atoms with van der Waals surface area (Å²) < 4.78 is 5.10. The van der Waals surface area contributed by atoms with Crippen LogP contribution in [0.3, 0.4) is 0 Å². The van der Waals surface area contributed by atoms with Crippen molar-refractivity contribution in [3.63, 3.8) is 0 Å². The number of hydrogen-bond donors (Lipinski definition) is 1. The summed E-state index contributed by atoms with van der Waals surface area (Å²) >= 11 is 5.90. The molecule has 3 amide bonds. The highest BCUT2D eigenvalue weighted by Crippen LogP contribution is 2.19. The fourth-order valence-corrected chi connectivity index (χ4v) is 2.44. The molecule has 1 aromatic rings. The van der Waals surface area contributed by atoms with Crippen molar-refractivity contribution in [3.8, 4) is 0 Å². The average Bonchev–Trinajstić information content (AvgIpc) is 2.64. The van der Waals surface area contributed by atoms with Gasteiger partial charge in [-0.2, -0.15) is 0 Å². The molecule has 0 radical (unpaired) electrons. The molecule has 1 heterocycles. The minimum Gasteiger partial charge on any atom is -0.444 e. The van der Waals surface area contributed by atoms with E-state index in [-0.39, 0.29) is 18.9 Å². The Labute approximate surface area is 139 Å². The van der Waals surface area contributed by atoms with Crippen molar-refractivity contribution < 1.29 is 19.1 Å². The second kappa shape index (κ2) is 6.58. The number of hydrogen-bond acceptors (Lipinski definition) is 4. The van der Waals surface area contributed by atoms with E-state index in [1.807, 2.05) is 0 Å². The summed E-state index contributed by atoms with van der Waals surface area (Å²) in [5.74, 6) is -0.781. The van der Waals surface area contributed by atoms with Crippen molar-refractivity contribution >= 4 is 29.5 Å². The van der Waals surface area contributed by atoms with Gasteiger partial charge in [-0.3, -0.25) is 14.5 Å². The van der Waals surface area contributed by atoms with Gasteiger partial charge in [-0.1, -0.05) is 23.7 Å². The maximum absolute atomic E-state index is 12.3. The highest BCUT2D eigenvalue weighted by Gasteiger charge is 2.40. The van der Waals surface area contributed by atoms with Crippen molar-refractivity contribution in [1.29, 1.82) is 0 Å². The highest BCUT2D eigenvalue weighted by molar-refractivity contribution is 6.30. The maximum atomic E-state index is 12.3. The van der Waals surface area contributed by atoms with Gasteiger partial charge in [-0.05, 0) is 38.5 Å². The molecule has 0 aliphatic carbocycles. The Morgan fingerprint density at radius 3 is 2.70 bits per heavy atom. The van der Waals surface area contributed by atoms with E-state index in [1.54, 1.807) is 45.0 Å². The van der Waals surface area contributed by atoms with Gasteiger partial charge >= 0.3 is 6.09 Å². The molecule has 0 bridgehead atoms. The first kappa shape index (κ1) is 17.3. The maximum Gasteiger partial charge on any atom is 0.408 e. The smallest absolute Gasteiger partial charge is 0.408 e. The number of alkyl carbamates (subject to hydrolysis) is 1. The molecule has 0 saturated carbocycles. The van der Waals surface area contributed by atoms with Crippen molar-refractivity contribution in [3.05, 3.63) is 34.9 Å². The van der Waals surface area contributed by atoms with Crippen LogP contribution in [0.25, 0.3) is 0 Å². The predicted octanol–water partition coefficient (Wildman–Crippen LogP) is 2.49. The minimum atomic E-state index is -0.892. The second-order valence-corrected chi connectivity index (χ2v) is 6.79. The third-order valence-corrected chi connectivity index (χ3v) is 3.40. The number of carbonyl (C=O) groups is 3. The van der Waals surface area contributed by atoms with Crippen LogP contribution in [0.4, 0.5) is 4.79 Å². The molecule has 1 fully saturated rings. The van der Waals surface area contributed by atoms with Gasteiger partial charge in [-0.25, -0.2) is 4.79 Å².